The number of nitrogens with one attached hydrogen (secondary N) is 2. The van der Waals surface area contributed by atoms with E-state index in [9.17, 15) is 0 Å². The molecule has 7 aromatic carbocycles. The molecule has 0 bridgehead atoms. The lowest BCUT2D eigenvalue weighted by Crippen LogP contribution is -2.09. The van der Waals surface area contributed by atoms with Crippen molar-refractivity contribution >= 4 is 77.6 Å². The van der Waals surface area contributed by atoms with Crippen LogP contribution in [-0.2, 0) is 0 Å². The Morgan fingerprint density at radius 3 is 1.48 bits per heavy atom. The summed E-state index contributed by atoms with van der Waals surface area (Å²) in [4.78, 5) is 0. The zero-order chi connectivity index (χ0) is 29.4. The summed E-state index contributed by atoms with van der Waals surface area (Å²) in [6, 6.07) is 46.8. The molecule has 0 atom stereocenters. The first kappa shape index (κ1) is 24.6. The Kier molecular flexibility index (Phi) is 5.17. The predicted molar refractivity (Wildman–Crippen MR) is 186 cm³/mol. The highest BCUT2D eigenvalue weighted by Gasteiger charge is 2.23. The van der Waals surface area contributed by atoms with Crippen molar-refractivity contribution in [3.05, 3.63) is 145 Å². The van der Waals surface area contributed by atoms with E-state index < -0.39 is 0 Å². The number of para-hydroxylation sites is 2. The molecule has 4 nitrogen and oxygen atoms in total. The van der Waals surface area contributed by atoms with Gasteiger partial charge in [0.25, 0.3) is 0 Å². The molecule has 2 heterocycles. The van der Waals surface area contributed by atoms with Crippen LogP contribution >= 0.6 is 0 Å². The standard InChI is InChI=1S/C40H26N4/c41-23-27-19-20-35(43-33-15-7-5-13-30(33)38-28-11-3-1-9-25(28)17-21-36(38)43)32(24-42)40(27)44-34-16-8-6-14-31(34)39-29-12-4-2-10-26(29)18-22-37(39)44/h1-24,41-42H. The molecule has 0 amide bonds. The maximum Gasteiger partial charge on any atom is 0.0658 e. The Hall–Kier alpha value is -6.00. The van der Waals surface area contributed by atoms with Crippen LogP contribution in [0.2, 0.25) is 0 Å². The van der Waals surface area contributed by atoms with Crippen molar-refractivity contribution in [3.8, 4) is 11.4 Å². The van der Waals surface area contributed by atoms with Crippen molar-refractivity contribution in [1.29, 1.82) is 10.8 Å². The fraction of sp³-hybridized carbons (Fsp3) is 0. The topological polar surface area (TPSA) is 57.6 Å². The van der Waals surface area contributed by atoms with Gasteiger partial charge in [-0.25, -0.2) is 0 Å². The molecule has 9 aromatic rings. The molecule has 0 aliphatic heterocycles. The second-order valence-corrected chi connectivity index (χ2v) is 11.3. The van der Waals surface area contributed by atoms with Crippen LogP contribution in [0, 0.1) is 10.8 Å². The molecule has 0 spiro atoms. The SMILES string of the molecule is N=Cc1ccc(-n2c3ccccc3c3c4ccccc4ccc32)c(C=N)c1-n1c2ccccc2c2c3ccccc3ccc21. The molecule has 9 rings (SSSR count). The van der Waals surface area contributed by atoms with Crippen LogP contribution in [-0.4, -0.2) is 21.6 Å². The van der Waals surface area contributed by atoms with Gasteiger partial charge in [0.1, 0.15) is 0 Å². The number of aromatic nitrogens is 2. The van der Waals surface area contributed by atoms with E-state index in [2.05, 4.69) is 137 Å². The quantitative estimate of drug-likeness (QED) is 0.201. The van der Waals surface area contributed by atoms with Crippen LogP contribution in [0.1, 0.15) is 11.1 Å². The summed E-state index contributed by atoms with van der Waals surface area (Å²) in [5.41, 5.74) is 7.55. The zero-order valence-electron chi connectivity index (χ0n) is 23.8. The Morgan fingerprint density at radius 1 is 0.409 bits per heavy atom. The Labute approximate surface area is 253 Å². The van der Waals surface area contributed by atoms with E-state index in [1.165, 1.54) is 50.1 Å². The first-order valence-electron chi connectivity index (χ1n) is 14.8. The van der Waals surface area contributed by atoms with Crippen LogP contribution < -0.4 is 0 Å². The first-order chi connectivity index (χ1) is 21.8. The molecular weight excluding hydrogens is 536 g/mol. The highest BCUT2D eigenvalue weighted by molar-refractivity contribution is 6.23. The summed E-state index contributed by atoms with van der Waals surface area (Å²) in [7, 11) is 0. The monoisotopic (exact) mass is 562 g/mol. The third-order valence-electron chi connectivity index (χ3n) is 9.11. The molecule has 2 N–H and O–H groups in total. The first-order valence-corrected chi connectivity index (χ1v) is 14.8. The maximum absolute atomic E-state index is 8.87. The van der Waals surface area contributed by atoms with Gasteiger partial charge in [-0.3, -0.25) is 0 Å². The molecule has 0 fully saturated rings. The zero-order valence-corrected chi connectivity index (χ0v) is 23.8. The van der Waals surface area contributed by atoms with Crippen molar-refractivity contribution < 1.29 is 0 Å². The molecule has 0 saturated heterocycles. The second-order valence-electron chi connectivity index (χ2n) is 11.3. The predicted octanol–water partition coefficient (Wildman–Crippen LogP) is 10.2. The molecule has 0 saturated carbocycles. The summed E-state index contributed by atoms with van der Waals surface area (Å²) < 4.78 is 4.54. The van der Waals surface area contributed by atoms with Crippen molar-refractivity contribution in [2.45, 2.75) is 0 Å². The molecule has 0 radical (unpaired) electrons. The van der Waals surface area contributed by atoms with Crippen LogP contribution in [0.4, 0.5) is 0 Å². The van der Waals surface area contributed by atoms with Gasteiger partial charge in [0.05, 0.1) is 33.4 Å². The van der Waals surface area contributed by atoms with Crippen molar-refractivity contribution in [2.75, 3.05) is 0 Å². The van der Waals surface area contributed by atoms with E-state index in [1.54, 1.807) is 0 Å². The van der Waals surface area contributed by atoms with Gasteiger partial charge in [-0.05, 0) is 57.9 Å². The summed E-state index contributed by atoms with van der Waals surface area (Å²) in [6.07, 6.45) is 2.87. The molecular formula is C40H26N4. The molecule has 0 aliphatic rings. The van der Waals surface area contributed by atoms with Crippen LogP contribution in [0.25, 0.3) is 76.5 Å². The number of benzene rings is 7. The molecule has 44 heavy (non-hydrogen) atoms. The van der Waals surface area contributed by atoms with Gasteiger partial charge < -0.3 is 20.0 Å². The highest BCUT2D eigenvalue weighted by atomic mass is 15.0. The van der Waals surface area contributed by atoms with Crippen molar-refractivity contribution in [2.24, 2.45) is 0 Å². The minimum absolute atomic E-state index is 0.759. The van der Waals surface area contributed by atoms with Crippen molar-refractivity contribution in [1.82, 2.24) is 9.13 Å². The van der Waals surface area contributed by atoms with Gasteiger partial charge >= 0.3 is 0 Å². The number of fused-ring (bicyclic) bond motifs is 10. The fourth-order valence-electron chi connectivity index (χ4n) is 7.30. The van der Waals surface area contributed by atoms with Gasteiger partial charge in [0.15, 0.2) is 0 Å². The molecule has 0 unspecified atom stereocenters. The average molecular weight is 563 g/mol. The van der Waals surface area contributed by atoms with Gasteiger partial charge in [-0.2, -0.15) is 0 Å². The largest absolute Gasteiger partial charge is 0.308 e. The van der Waals surface area contributed by atoms with Gasteiger partial charge in [-0.1, -0.05) is 97.1 Å². The lowest BCUT2D eigenvalue weighted by atomic mass is 10.0. The minimum Gasteiger partial charge on any atom is -0.308 e. The lowest BCUT2D eigenvalue weighted by molar-refractivity contribution is 1.12. The maximum atomic E-state index is 8.87. The Morgan fingerprint density at radius 2 is 0.909 bits per heavy atom. The molecule has 206 valence electrons. The van der Waals surface area contributed by atoms with E-state index in [-0.39, 0.29) is 0 Å². The Balaban J connectivity index is 1.46. The smallest absolute Gasteiger partial charge is 0.0658 e. The molecule has 0 aliphatic carbocycles. The molecule has 2 aromatic heterocycles. The number of nitrogens with zero attached hydrogens (tertiary/aromatic N) is 2. The number of rotatable bonds is 4. The van der Waals surface area contributed by atoms with Gasteiger partial charge in [0.2, 0.25) is 0 Å². The van der Waals surface area contributed by atoms with Crippen LogP contribution in [0.5, 0.6) is 0 Å². The van der Waals surface area contributed by atoms with Gasteiger partial charge in [-0.15, -0.1) is 0 Å². The number of hydrogen-bond acceptors (Lipinski definition) is 2. The summed E-state index contributed by atoms with van der Waals surface area (Å²) in [5, 5.41) is 26.9. The minimum atomic E-state index is 0.759. The van der Waals surface area contributed by atoms with Crippen LogP contribution in [0.3, 0.4) is 0 Å². The van der Waals surface area contributed by atoms with E-state index >= 15 is 0 Å². The van der Waals surface area contributed by atoms with E-state index in [1.807, 2.05) is 6.07 Å². The lowest BCUT2D eigenvalue weighted by Gasteiger charge is -2.19. The second kappa shape index (κ2) is 9.25. The van der Waals surface area contributed by atoms with E-state index in [0.717, 1.165) is 50.0 Å². The fourth-order valence-corrected chi connectivity index (χ4v) is 7.30. The summed E-state index contributed by atoms with van der Waals surface area (Å²) in [5.74, 6) is 0. The normalized spacial score (nSPS) is 11.8. The Bertz CT molecular complexity index is 2650. The molecule has 4 heteroatoms. The van der Waals surface area contributed by atoms with Crippen molar-refractivity contribution in [3.63, 3.8) is 0 Å². The van der Waals surface area contributed by atoms with Crippen LogP contribution in [0.15, 0.2) is 133 Å². The van der Waals surface area contributed by atoms with Gasteiger partial charge in [0, 0.05) is 45.1 Å². The third kappa shape index (κ3) is 3.22. The third-order valence-corrected chi connectivity index (χ3v) is 9.11. The average Bonchev–Trinajstić information content (AvgIpc) is 3.61. The highest BCUT2D eigenvalue weighted by Crippen LogP contribution is 2.41. The number of hydrogen-bond donors (Lipinski definition) is 2. The van der Waals surface area contributed by atoms with E-state index in [4.69, 9.17) is 10.8 Å². The summed E-state index contributed by atoms with van der Waals surface area (Å²) >= 11 is 0. The van der Waals surface area contributed by atoms with E-state index in [0.29, 0.717) is 0 Å². The summed E-state index contributed by atoms with van der Waals surface area (Å²) in [6.45, 7) is 0.